The van der Waals surface area contributed by atoms with Crippen molar-refractivity contribution >= 4 is 22.8 Å². The second-order valence-corrected chi connectivity index (χ2v) is 14.6. The van der Waals surface area contributed by atoms with Crippen molar-refractivity contribution in [1.29, 1.82) is 0 Å². The van der Waals surface area contributed by atoms with Gasteiger partial charge in [0, 0.05) is 6.07 Å². The van der Waals surface area contributed by atoms with Crippen molar-refractivity contribution in [2.75, 3.05) is 5.43 Å². The molecule has 8 nitrogen and oxygen atoms in total. The molecule has 0 spiro atoms. The molecule has 5 rings (SSSR count). The van der Waals surface area contributed by atoms with Gasteiger partial charge in [0.25, 0.3) is 0 Å². The van der Waals surface area contributed by atoms with Gasteiger partial charge < -0.3 is 10.4 Å². The first-order chi connectivity index (χ1) is 19.4. The highest BCUT2D eigenvalue weighted by molar-refractivity contribution is 5.97. The molecule has 1 aromatic rings. The second kappa shape index (κ2) is 12.1. The van der Waals surface area contributed by atoms with Crippen molar-refractivity contribution in [3.8, 4) is 0 Å². The number of hydrogen-bond donors (Lipinski definition) is 5. The minimum absolute atomic E-state index is 0.0503. The maximum atomic E-state index is 11.7. The van der Waals surface area contributed by atoms with Crippen LogP contribution in [-0.2, 0) is 0 Å². The molecule has 0 radical (unpaired) electrons. The lowest BCUT2D eigenvalue weighted by atomic mass is 9.46. The van der Waals surface area contributed by atoms with Crippen LogP contribution in [-0.4, -0.2) is 16.1 Å². The van der Waals surface area contributed by atoms with Crippen LogP contribution >= 0.6 is 0 Å². The van der Waals surface area contributed by atoms with E-state index in [4.69, 9.17) is 0 Å². The van der Waals surface area contributed by atoms with Crippen LogP contribution in [0.25, 0.3) is 0 Å². The quantitative estimate of drug-likeness (QED) is 0.224. The van der Waals surface area contributed by atoms with Crippen LogP contribution in [0.15, 0.2) is 34.9 Å². The molecule has 4 aliphatic rings. The standard InChI is InChI=1S/C33H52N4O4/c1-21(2)7-6-8-22(3)27-12-13-28-26-11-9-23-19-24(15-17-32(23,4)29(26)16-18-33(27,28)5)34-35-30-14-10-25(36(38)39)20-31(30)37(40)41/h10,14,19-22,26-29,35-38,40H,6-9,11-13,15-18H2,1-5H3/t22-,26+,27+,28+,29-,32-,33-/m1/s1. The first kappa shape index (κ1) is 30.6. The van der Waals surface area contributed by atoms with Gasteiger partial charge in [-0.05, 0) is 110 Å². The minimum atomic E-state index is -1.17. The summed E-state index contributed by atoms with van der Waals surface area (Å²) in [5.74, 6) is 4.94. The Morgan fingerprint density at radius 1 is 0.976 bits per heavy atom. The van der Waals surface area contributed by atoms with E-state index in [0.29, 0.717) is 11.1 Å². The first-order valence-corrected chi connectivity index (χ1v) is 16.1. The lowest BCUT2D eigenvalue weighted by molar-refractivity contribution is -0.996. The third-order valence-electron chi connectivity index (χ3n) is 12.0. The van der Waals surface area contributed by atoms with Gasteiger partial charge in [0.15, 0.2) is 11.4 Å². The number of nitrogens with one attached hydrogen (secondary N) is 3. The molecule has 4 aliphatic carbocycles. The monoisotopic (exact) mass is 568 g/mol. The summed E-state index contributed by atoms with van der Waals surface area (Å²) in [5, 5.41) is 44.2. The molecule has 0 aliphatic heterocycles. The van der Waals surface area contributed by atoms with Gasteiger partial charge in [-0.1, -0.05) is 59.5 Å². The van der Waals surface area contributed by atoms with Crippen LogP contribution in [0.1, 0.15) is 105 Å². The molecule has 0 bridgehead atoms. The minimum Gasteiger partial charge on any atom is -0.595 e. The summed E-state index contributed by atoms with van der Waals surface area (Å²) in [6.45, 7) is 12.4. The summed E-state index contributed by atoms with van der Waals surface area (Å²) in [5.41, 5.74) is 6.30. The van der Waals surface area contributed by atoms with Crippen LogP contribution in [0.3, 0.4) is 0 Å². The number of hydrogen-bond acceptors (Lipinski definition) is 6. The van der Waals surface area contributed by atoms with Gasteiger partial charge in [0.1, 0.15) is 5.69 Å². The summed E-state index contributed by atoms with van der Waals surface area (Å²) in [6, 6.07) is 4.08. The van der Waals surface area contributed by atoms with Gasteiger partial charge in [-0.3, -0.25) is 5.43 Å². The van der Waals surface area contributed by atoms with Crippen LogP contribution in [0.2, 0.25) is 0 Å². The maximum Gasteiger partial charge on any atom is 0.195 e. The molecule has 228 valence electrons. The van der Waals surface area contributed by atoms with E-state index < -0.39 is 10.5 Å². The molecule has 5 N–H and O–H groups in total. The Hall–Kier alpha value is -1.81. The topological polar surface area (TPSA) is 120 Å². The Labute approximate surface area is 245 Å². The lowest BCUT2D eigenvalue weighted by Gasteiger charge is -2.58. The molecule has 41 heavy (non-hydrogen) atoms. The molecular weight excluding hydrogens is 516 g/mol. The van der Waals surface area contributed by atoms with Crippen LogP contribution in [0.4, 0.5) is 17.1 Å². The Kier molecular flexibility index (Phi) is 9.01. The van der Waals surface area contributed by atoms with Crippen LogP contribution < -0.4 is 15.9 Å². The highest BCUT2D eigenvalue weighted by Gasteiger charge is 2.59. The molecule has 0 amide bonds. The summed E-state index contributed by atoms with van der Waals surface area (Å²) < 4.78 is 0. The average molecular weight is 569 g/mol. The highest BCUT2D eigenvalue weighted by Crippen LogP contribution is 2.67. The third-order valence-corrected chi connectivity index (χ3v) is 12.0. The smallest absolute Gasteiger partial charge is 0.195 e. The zero-order chi connectivity index (χ0) is 29.5. The van der Waals surface area contributed by atoms with E-state index in [1.165, 1.54) is 75.1 Å². The fourth-order valence-electron chi connectivity index (χ4n) is 9.77. The Balaban J connectivity index is 1.28. The molecule has 8 heteroatoms. The van der Waals surface area contributed by atoms with Gasteiger partial charge in [0.2, 0.25) is 0 Å². The van der Waals surface area contributed by atoms with E-state index in [9.17, 15) is 20.8 Å². The predicted molar refractivity (Wildman–Crippen MR) is 162 cm³/mol. The van der Waals surface area contributed by atoms with Crippen molar-refractivity contribution in [2.24, 2.45) is 51.4 Å². The number of quaternary nitrogens is 2. The van der Waals surface area contributed by atoms with Crippen molar-refractivity contribution in [2.45, 2.75) is 105 Å². The molecule has 1 aromatic carbocycles. The summed E-state index contributed by atoms with van der Waals surface area (Å²) in [7, 11) is 0. The highest BCUT2D eigenvalue weighted by atomic mass is 16.8. The largest absolute Gasteiger partial charge is 0.595 e. The van der Waals surface area contributed by atoms with Gasteiger partial charge in [-0.2, -0.15) is 15.6 Å². The second-order valence-electron chi connectivity index (χ2n) is 14.6. The van der Waals surface area contributed by atoms with Gasteiger partial charge in [0.05, 0.1) is 11.8 Å². The Bertz CT molecular complexity index is 1150. The lowest BCUT2D eigenvalue weighted by Crippen LogP contribution is -3.00. The van der Waals surface area contributed by atoms with E-state index in [-0.39, 0.29) is 16.8 Å². The normalized spacial score (nSPS) is 36.2. The maximum absolute atomic E-state index is 11.7. The van der Waals surface area contributed by atoms with Crippen molar-refractivity contribution in [3.05, 3.63) is 40.3 Å². The zero-order valence-electron chi connectivity index (χ0n) is 25.7. The number of fused-ring (bicyclic) bond motifs is 5. The number of allylic oxidation sites excluding steroid dienone is 2. The van der Waals surface area contributed by atoms with Crippen LogP contribution in [0.5, 0.6) is 0 Å². The SMILES string of the molecule is CC(C)CCC[C@@H](C)[C@@H]1CC[C@H]2[C@@H]3CCC4=CC(=NNc5ccc([NH+]([O-])O)cc5[NH+]([O-])O)CC[C@@]4(C)[C@@H]3CC[C@@]21C. The molecule has 9 atom stereocenters. The van der Waals surface area contributed by atoms with Crippen molar-refractivity contribution in [3.63, 3.8) is 0 Å². The summed E-state index contributed by atoms with van der Waals surface area (Å²) in [4.78, 5) is 0. The molecular formula is C33H52N4O4. The van der Waals surface area contributed by atoms with Crippen molar-refractivity contribution < 1.29 is 20.9 Å². The number of anilines is 1. The van der Waals surface area contributed by atoms with Crippen LogP contribution in [0, 0.1) is 56.8 Å². The Morgan fingerprint density at radius 2 is 1.76 bits per heavy atom. The van der Waals surface area contributed by atoms with E-state index in [2.05, 4.69) is 51.2 Å². The molecule has 2 unspecified atom stereocenters. The number of hydrazone groups is 1. The van der Waals surface area contributed by atoms with E-state index >= 15 is 0 Å². The molecule has 0 heterocycles. The molecule has 0 saturated heterocycles. The van der Waals surface area contributed by atoms with Crippen molar-refractivity contribution in [1.82, 2.24) is 0 Å². The third kappa shape index (κ3) is 5.89. The average Bonchev–Trinajstić information content (AvgIpc) is 3.28. The number of nitrogens with zero attached hydrogens (tertiary/aromatic N) is 1. The number of rotatable bonds is 9. The van der Waals surface area contributed by atoms with E-state index in [1.54, 1.807) is 0 Å². The summed E-state index contributed by atoms with van der Waals surface area (Å²) in [6.07, 6.45) is 16.3. The summed E-state index contributed by atoms with van der Waals surface area (Å²) >= 11 is 0. The van der Waals surface area contributed by atoms with E-state index in [0.717, 1.165) is 60.5 Å². The molecule has 0 aromatic heterocycles. The van der Waals surface area contributed by atoms with Gasteiger partial charge in [-0.15, -0.1) is 0 Å². The van der Waals surface area contributed by atoms with E-state index in [1.807, 2.05) is 0 Å². The van der Waals surface area contributed by atoms with Gasteiger partial charge >= 0.3 is 0 Å². The fraction of sp³-hybridized carbons (Fsp3) is 0.727. The zero-order valence-corrected chi connectivity index (χ0v) is 25.7. The predicted octanol–water partition coefficient (Wildman–Crippen LogP) is 6.30. The molecule has 3 fully saturated rings. The molecule has 3 saturated carbocycles. The fourth-order valence-corrected chi connectivity index (χ4v) is 9.77. The number of benzene rings is 1. The Morgan fingerprint density at radius 3 is 2.46 bits per heavy atom. The van der Waals surface area contributed by atoms with Gasteiger partial charge in [-0.25, -0.2) is 10.4 Å². The first-order valence-electron chi connectivity index (χ1n) is 16.1.